The highest BCUT2D eigenvalue weighted by atomic mass is 16.4. The summed E-state index contributed by atoms with van der Waals surface area (Å²) in [6, 6.07) is 0.321. The molecule has 0 saturated heterocycles. The van der Waals surface area contributed by atoms with E-state index in [2.05, 4.69) is 13.8 Å². The monoisotopic (exact) mass is 239 g/mol. The van der Waals surface area contributed by atoms with E-state index in [-0.39, 0.29) is 11.5 Å². The van der Waals surface area contributed by atoms with Crippen molar-refractivity contribution in [1.29, 1.82) is 0 Å². The Morgan fingerprint density at radius 1 is 1.24 bits per heavy atom. The zero-order valence-corrected chi connectivity index (χ0v) is 11.0. The SMILES string of the molecule is C/C(C(=O)O)=C(\C)C(=O)N(CC(C)C)C1CC1. The third-order valence-electron chi connectivity index (χ3n) is 3.01. The number of amides is 1. The number of nitrogens with zero attached hydrogens (tertiary/aromatic N) is 1. The van der Waals surface area contributed by atoms with Gasteiger partial charge in [0.1, 0.15) is 0 Å². The molecule has 1 N–H and O–H groups in total. The average molecular weight is 239 g/mol. The molecule has 1 fully saturated rings. The normalized spacial score (nSPS) is 16.8. The highest BCUT2D eigenvalue weighted by Gasteiger charge is 2.33. The van der Waals surface area contributed by atoms with E-state index in [1.54, 1.807) is 6.92 Å². The predicted molar refractivity (Wildman–Crippen MR) is 65.6 cm³/mol. The van der Waals surface area contributed by atoms with Crippen LogP contribution in [-0.4, -0.2) is 34.5 Å². The van der Waals surface area contributed by atoms with E-state index in [1.165, 1.54) is 6.92 Å². The molecule has 0 bridgehead atoms. The van der Waals surface area contributed by atoms with Crippen LogP contribution in [0, 0.1) is 5.92 Å². The van der Waals surface area contributed by atoms with Crippen molar-refractivity contribution in [2.24, 2.45) is 5.92 Å². The maximum absolute atomic E-state index is 12.2. The molecule has 0 aromatic carbocycles. The number of carbonyl (C=O) groups excluding carboxylic acids is 1. The second kappa shape index (κ2) is 5.34. The lowest BCUT2D eigenvalue weighted by Gasteiger charge is -2.25. The summed E-state index contributed by atoms with van der Waals surface area (Å²) in [4.78, 5) is 24.9. The van der Waals surface area contributed by atoms with Crippen molar-refractivity contribution in [2.75, 3.05) is 6.54 Å². The lowest BCUT2D eigenvalue weighted by Crippen LogP contribution is -2.37. The molecule has 96 valence electrons. The Balaban J connectivity index is 2.84. The van der Waals surface area contributed by atoms with Gasteiger partial charge in [0, 0.05) is 23.7 Å². The van der Waals surface area contributed by atoms with Crippen LogP contribution in [0.4, 0.5) is 0 Å². The Labute approximate surface area is 102 Å². The highest BCUT2D eigenvalue weighted by molar-refractivity contribution is 6.01. The van der Waals surface area contributed by atoms with Crippen LogP contribution >= 0.6 is 0 Å². The fourth-order valence-corrected chi connectivity index (χ4v) is 1.71. The molecule has 0 aromatic heterocycles. The predicted octanol–water partition coefficient (Wildman–Crippen LogP) is 2.05. The maximum atomic E-state index is 12.2. The van der Waals surface area contributed by atoms with Gasteiger partial charge in [0.25, 0.3) is 0 Å². The van der Waals surface area contributed by atoms with Gasteiger partial charge in [0.15, 0.2) is 0 Å². The van der Waals surface area contributed by atoms with Gasteiger partial charge < -0.3 is 10.0 Å². The smallest absolute Gasteiger partial charge is 0.331 e. The maximum Gasteiger partial charge on any atom is 0.331 e. The number of aliphatic carboxylic acids is 1. The summed E-state index contributed by atoms with van der Waals surface area (Å²) in [5, 5.41) is 8.89. The Hall–Kier alpha value is -1.32. The molecule has 0 unspecified atom stereocenters. The lowest BCUT2D eigenvalue weighted by molar-refractivity contribution is -0.134. The van der Waals surface area contributed by atoms with Gasteiger partial charge in [-0.05, 0) is 32.6 Å². The fraction of sp³-hybridized carbons (Fsp3) is 0.692. The first-order valence-electron chi connectivity index (χ1n) is 6.06. The topological polar surface area (TPSA) is 57.6 Å². The van der Waals surface area contributed by atoms with Gasteiger partial charge in [-0.3, -0.25) is 4.79 Å². The number of carboxylic acids is 1. The Morgan fingerprint density at radius 2 is 1.76 bits per heavy atom. The first-order chi connectivity index (χ1) is 7.84. The summed E-state index contributed by atoms with van der Waals surface area (Å²) < 4.78 is 0. The third-order valence-corrected chi connectivity index (χ3v) is 3.01. The van der Waals surface area contributed by atoms with Crippen molar-refractivity contribution < 1.29 is 14.7 Å². The van der Waals surface area contributed by atoms with E-state index in [0.29, 0.717) is 24.1 Å². The minimum absolute atomic E-state index is 0.124. The molecule has 0 aliphatic heterocycles. The summed E-state index contributed by atoms with van der Waals surface area (Å²) in [6.07, 6.45) is 2.08. The van der Waals surface area contributed by atoms with Crippen LogP contribution in [0.2, 0.25) is 0 Å². The molecule has 1 aliphatic rings. The molecular formula is C13H21NO3. The molecule has 0 radical (unpaired) electrons. The Kier molecular flexibility index (Phi) is 4.32. The second-order valence-electron chi connectivity index (χ2n) is 5.14. The van der Waals surface area contributed by atoms with Crippen molar-refractivity contribution in [2.45, 2.75) is 46.6 Å². The number of carbonyl (C=O) groups is 2. The first kappa shape index (κ1) is 13.7. The number of rotatable bonds is 5. The van der Waals surface area contributed by atoms with Crippen LogP contribution < -0.4 is 0 Å². The quantitative estimate of drug-likeness (QED) is 0.747. The number of carboxylic acid groups (broad SMARTS) is 1. The van der Waals surface area contributed by atoms with E-state index in [4.69, 9.17) is 5.11 Å². The van der Waals surface area contributed by atoms with Gasteiger partial charge >= 0.3 is 5.97 Å². The highest BCUT2D eigenvalue weighted by Crippen LogP contribution is 2.29. The lowest BCUT2D eigenvalue weighted by atomic mass is 10.1. The Morgan fingerprint density at radius 3 is 2.12 bits per heavy atom. The largest absolute Gasteiger partial charge is 0.478 e. The van der Waals surface area contributed by atoms with Crippen LogP contribution in [-0.2, 0) is 9.59 Å². The van der Waals surface area contributed by atoms with E-state index >= 15 is 0 Å². The fourth-order valence-electron chi connectivity index (χ4n) is 1.71. The van der Waals surface area contributed by atoms with E-state index in [1.807, 2.05) is 4.90 Å². The van der Waals surface area contributed by atoms with Crippen LogP contribution in [0.3, 0.4) is 0 Å². The van der Waals surface area contributed by atoms with Crippen LogP contribution in [0.15, 0.2) is 11.1 Å². The molecule has 0 spiro atoms. The van der Waals surface area contributed by atoms with Crippen molar-refractivity contribution in [1.82, 2.24) is 4.90 Å². The summed E-state index contributed by atoms with van der Waals surface area (Å²) >= 11 is 0. The first-order valence-corrected chi connectivity index (χ1v) is 6.06. The van der Waals surface area contributed by atoms with Gasteiger partial charge in [-0.25, -0.2) is 4.79 Å². The molecule has 1 amide bonds. The molecule has 1 saturated carbocycles. The molecule has 0 heterocycles. The van der Waals surface area contributed by atoms with Crippen molar-refractivity contribution in [3.05, 3.63) is 11.1 Å². The van der Waals surface area contributed by atoms with Crippen LogP contribution in [0.25, 0.3) is 0 Å². The van der Waals surface area contributed by atoms with Crippen LogP contribution in [0.1, 0.15) is 40.5 Å². The van der Waals surface area contributed by atoms with Gasteiger partial charge in [-0.2, -0.15) is 0 Å². The molecule has 1 rings (SSSR count). The van der Waals surface area contributed by atoms with E-state index in [0.717, 1.165) is 12.8 Å². The second-order valence-corrected chi connectivity index (χ2v) is 5.14. The summed E-state index contributed by atoms with van der Waals surface area (Å²) in [5.41, 5.74) is 0.495. The van der Waals surface area contributed by atoms with E-state index in [9.17, 15) is 9.59 Å². The minimum Gasteiger partial charge on any atom is -0.478 e. The molecular weight excluding hydrogens is 218 g/mol. The van der Waals surface area contributed by atoms with Crippen LogP contribution in [0.5, 0.6) is 0 Å². The third kappa shape index (κ3) is 3.58. The Bertz CT molecular complexity index is 354. The summed E-state index contributed by atoms with van der Waals surface area (Å²) in [6.45, 7) is 7.91. The molecule has 1 aliphatic carbocycles. The average Bonchev–Trinajstić information content (AvgIpc) is 3.06. The van der Waals surface area contributed by atoms with Gasteiger partial charge in [0.2, 0.25) is 5.91 Å². The van der Waals surface area contributed by atoms with Crippen molar-refractivity contribution in [3.8, 4) is 0 Å². The molecule has 0 atom stereocenters. The van der Waals surface area contributed by atoms with E-state index < -0.39 is 5.97 Å². The molecule has 0 aromatic rings. The number of hydrogen-bond donors (Lipinski definition) is 1. The van der Waals surface area contributed by atoms with Gasteiger partial charge in [0.05, 0.1) is 0 Å². The zero-order valence-electron chi connectivity index (χ0n) is 11.0. The van der Waals surface area contributed by atoms with Crippen molar-refractivity contribution in [3.63, 3.8) is 0 Å². The minimum atomic E-state index is -1.02. The molecule has 17 heavy (non-hydrogen) atoms. The van der Waals surface area contributed by atoms with Crippen molar-refractivity contribution >= 4 is 11.9 Å². The van der Waals surface area contributed by atoms with Gasteiger partial charge in [-0.15, -0.1) is 0 Å². The summed E-state index contributed by atoms with van der Waals surface area (Å²) in [7, 11) is 0. The standard InChI is InChI=1S/C13H21NO3/c1-8(2)7-14(11-5-6-11)12(15)9(3)10(4)13(16)17/h8,11H,5-7H2,1-4H3,(H,16,17)/b10-9-. The molecule has 4 nitrogen and oxygen atoms in total. The molecule has 4 heteroatoms. The zero-order chi connectivity index (χ0) is 13.2. The summed E-state index contributed by atoms with van der Waals surface area (Å²) in [5.74, 6) is -0.741. The number of hydrogen-bond acceptors (Lipinski definition) is 2. The van der Waals surface area contributed by atoms with Gasteiger partial charge in [-0.1, -0.05) is 13.8 Å².